The maximum atomic E-state index is 12.1. The molecule has 0 fully saturated rings. The molecule has 1 atom stereocenters. The van der Waals surface area contributed by atoms with Gasteiger partial charge in [-0.1, -0.05) is 49.4 Å². The van der Waals surface area contributed by atoms with Gasteiger partial charge in [0.25, 0.3) is 0 Å². The van der Waals surface area contributed by atoms with Crippen molar-refractivity contribution in [2.75, 3.05) is 19.0 Å². The van der Waals surface area contributed by atoms with Gasteiger partial charge in [0, 0.05) is 32.7 Å². The number of carbonyl (C=O) groups excluding carboxylic acids is 1. The quantitative estimate of drug-likeness (QED) is 0.884. The Hall–Kier alpha value is -2.29. The molecule has 22 heavy (non-hydrogen) atoms. The van der Waals surface area contributed by atoms with E-state index < -0.39 is 0 Å². The van der Waals surface area contributed by atoms with Gasteiger partial charge < -0.3 is 10.2 Å². The molecule has 2 aromatic carbocycles. The van der Waals surface area contributed by atoms with E-state index >= 15 is 0 Å². The zero-order chi connectivity index (χ0) is 15.9. The molecule has 3 nitrogen and oxygen atoms in total. The highest BCUT2D eigenvalue weighted by atomic mass is 16.1. The lowest BCUT2D eigenvalue weighted by Crippen LogP contribution is -2.24. The normalized spacial score (nSPS) is 11.8. The van der Waals surface area contributed by atoms with Crippen molar-refractivity contribution in [3.8, 4) is 0 Å². The second kappa shape index (κ2) is 7.64. The summed E-state index contributed by atoms with van der Waals surface area (Å²) in [5.74, 6) is 0.324. The zero-order valence-corrected chi connectivity index (χ0v) is 13.5. The van der Waals surface area contributed by atoms with Crippen LogP contribution in [0.3, 0.4) is 0 Å². The van der Waals surface area contributed by atoms with Gasteiger partial charge in [-0.25, -0.2) is 0 Å². The number of nitrogens with one attached hydrogen (secondary N) is 1. The molecule has 0 saturated heterocycles. The Morgan fingerprint density at radius 3 is 2.27 bits per heavy atom. The number of hydrogen-bond acceptors (Lipinski definition) is 2. The molecule has 1 N–H and O–H groups in total. The molecule has 0 aliphatic carbocycles. The van der Waals surface area contributed by atoms with Crippen molar-refractivity contribution >= 4 is 11.6 Å². The predicted molar refractivity (Wildman–Crippen MR) is 92.1 cm³/mol. The number of nitrogens with zero attached hydrogens (tertiary/aromatic N) is 1. The van der Waals surface area contributed by atoms with Crippen molar-refractivity contribution in [1.82, 2.24) is 5.32 Å². The number of hydrogen-bond donors (Lipinski definition) is 1. The summed E-state index contributed by atoms with van der Waals surface area (Å²) in [5, 5.41) is 3.00. The van der Waals surface area contributed by atoms with Gasteiger partial charge in [0.15, 0.2) is 0 Å². The summed E-state index contributed by atoms with van der Waals surface area (Å²) >= 11 is 0. The molecule has 0 aromatic heterocycles. The number of benzene rings is 2. The topological polar surface area (TPSA) is 32.3 Å². The molecule has 0 unspecified atom stereocenters. The van der Waals surface area contributed by atoms with Crippen molar-refractivity contribution < 1.29 is 4.79 Å². The number of carbonyl (C=O) groups is 1. The molecule has 3 heteroatoms. The summed E-state index contributed by atoms with van der Waals surface area (Å²) in [6, 6.07) is 18.4. The first-order chi connectivity index (χ1) is 10.6. The van der Waals surface area contributed by atoms with Gasteiger partial charge in [-0.2, -0.15) is 0 Å². The lowest BCUT2D eigenvalue weighted by atomic mass is 9.97. The first-order valence-electron chi connectivity index (χ1n) is 7.64. The zero-order valence-electron chi connectivity index (χ0n) is 13.5. The molecule has 0 bridgehead atoms. The molecule has 0 saturated carbocycles. The molecule has 0 spiro atoms. The van der Waals surface area contributed by atoms with Crippen LogP contribution < -0.4 is 10.2 Å². The third-order valence-electron chi connectivity index (χ3n) is 3.80. The van der Waals surface area contributed by atoms with Crippen LogP contribution >= 0.6 is 0 Å². The van der Waals surface area contributed by atoms with E-state index in [1.165, 1.54) is 5.56 Å². The fourth-order valence-corrected chi connectivity index (χ4v) is 2.36. The largest absolute Gasteiger partial charge is 0.378 e. The molecule has 0 radical (unpaired) electrons. The van der Waals surface area contributed by atoms with E-state index in [0.29, 0.717) is 13.0 Å². The van der Waals surface area contributed by atoms with E-state index in [1.54, 1.807) is 0 Å². The van der Waals surface area contributed by atoms with Gasteiger partial charge in [0.05, 0.1) is 0 Å². The van der Waals surface area contributed by atoms with Gasteiger partial charge in [-0.3, -0.25) is 4.79 Å². The van der Waals surface area contributed by atoms with Crippen molar-refractivity contribution in [3.05, 3.63) is 65.7 Å². The summed E-state index contributed by atoms with van der Waals surface area (Å²) in [5.41, 5.74) is 3.48. The Labute approximate surface area is 133 Å². The molecule has 116 valence electrons. The Kier molecular flexibility index (Phi) is 5.59. The van der Waals surface area contributed by atoms with Crippen LogP contribution in [-0.2, 0) is 11.3 Å². The maximum Gasteiger partial charge on any atom is 0.220 e. The maximum absolute atomic E-state index is 12.1. The highest BCUT2D eigenvalue weighted by Crippen LogP contribution is 2.18. The first-order valence-corrected chi connectivity index (χ1v) is 7.64. The number of amides is 1. The summed E-state index contributed by atoms with van der Waals surface area (Å²) in [7, 11) is 4.03. The van der Waals surface area contributed by atoms with Crippen LogP contribution in [0.5, 0.6) is 0 Å². The predicted octanol–water partition coefficient (Wildman–Crippen LogP) is 3.56. The molecule has 1 amide bonds. The Balaban J connectivity index is 1.82. The summed E-state index contributed by atoms with van der Waals surface area (Å²) < 4.78 is 0. The van der Waals surface area contributed by atoms with Crippen LogP contribution in [0.15, 0.2) is 54.6 Å². The van der Waals surface area contributed by atoms with E-state index in [-0.39, 0.29) is 11.8 Å². The third-order valence-corrected chi connectivity index (χ3v) is 3.80. The average Bonchev–Trinajstić information content (AvgIpc) is 2.54. The molecule has 2 rings (SSSR count). The fraction of sp³-hybridized carbons (Fsp3) is 0.316. The molecule has 0 aliphatic rings. The van der Waals surface area contributed by atoms with E-state index in [0.717, 1.165) is 11.3 Å². The minimum Gasteiger partial charge on any atom is -0.378 e. The third kappa shape index (κ3) is 4.62. The van der Waals surface area contributed by atoms with Crippen LogP contribution in [0.25, 0.3) is 0 Å². The minimum absolute atomic E-state index is 0.0908. The van der Waals surface area contributed by atoms with Crippen LogP contribution in [-0.4, -0.2) is 20.0 Å². The monoisotopic (exact) mass is 296 g/mol. The molecule has 0 aliphatic heterocycles. The van der Waals surface area contributed by atoms with Crippen molar-refractivity contribution in [2.45, 2.75) is 25.8 Å². The van der Waals surface area contributed by atoms with Crippen LogP contribution in [0.4, 0.5) is 5.69 Å². The molecule has 2 aromatic rings. The Bertz CT molecular complexity index is 591. The highest BCUT2D eigenvalue weighted by Gasteiger charge is 2.10. The fourth-order valence-electron chi connectivity index (χ4n) is 2.36. The lowest BCUT2D eigenvalue weighted by molar-refractivity contribution is -0.121. The van der Waals surface area contributed by atoms with Gasteiger partial charge in [0.2, 0.25) is 5.91 Å². The van der Waals surface area contributed by atoms with Crippen molar-refractivity contribution in [2.24, 2.45) is 0 Å². The standard InChI is InChI=1S/C19H24N2O/c1-15(17-7-5-4-6-8-17)13-19(22)20-14-16-9-11-18(12-10-16)21(2)3/h4-12,15H,13-14H2,1-3H3,(H,20,22)/t15-/m0/s1. The first kappa shape index (κ1) is 16.1. The van der Waals surface area contributed by atoms with E-state index in [4.69, 9.17) is 0 Å². The van der Waals surface area contributed by atoms with Gasteiger partial charge in [0.1, 0.15) is 0 Å². The summed E-state index contributed by atoms with van der Waals surface area (Å²) in [6.45, 7) is 2.66. The summed E-state index contributed by atoms with van der Waals surface area (Å²) in [4.78, 5) is 14.1. The van der Waals surface area contributed by atoms with Crippen LogP contribution in [0.1, 0.15) is 30.4 Å². The van der Waals surface area contributed by atoms with Gasteiger partial charge in [-0.15, -0.1) is 0 Å². The Morgan fingerprint density at radius 1 is 1.05 bits per heavy atom. The average molecular weight is 296 g/mol. The second-order valence-corrected chi connectivity index (χ2v) is 5.85. The minimum atomic E-state index is 0.0908. The van der Waals surface area contributed by atoms with Crippen molar-refractivity contribution in [1.29, 1.82) is 0 Å². The van der Waals surface area contributed by atoms with Crippen molar-refractivity contribution in [3.63, 3.8) is 0 Å². The molecule has 0 heterocycles. The number of rotatable bonds is 6. The molecular weight excluding hydrogens is 272 g/mol. The molecular formula is C19H24N2O. The smallest absolute Gasteiger partial charge is 0.220 e. The van der Waals surface area contributed by atoms with Crippen LogP contribution in [0, 0.1) is 0 Å². The second-order valence-electron chi connectivity index (χ2n) is 5.85. The van der Waals surface area contributed by atoms with E-state index in [1.807, 2.05) is 32.3 Å². The number of anilines is 1. The van der Waals surface area contributed by atoms with E-state index in [9.17, 15) is 4.79 Å². The highest BCUT2D eigenvalue weighted by molar-refractivity contribution is 5.76. The van der Waals surface area contributed by atoms with E-state index in [2.05, 4.69) is 53.5 Å². The lowest BCUT2D eigenvalue weighted by Gasteiger charge is -2.14. The Morgan fingerprint density at radius 2 is 1.68 bits per heavy atom. The SMILES string of the molecule is C[C@@H](CC(=O)NCc1ccc(N(C)C)cc1)c1ccccc1. The van der Waals surface area contributed by atoms with Gasteiger partial charge in [-0.05, 0) is 29.2 Å². The van der Waals surface area contributed by atoms with Gasteiger partial charge >= 0.3 is 0 Å². The van der Waals surface area contributed by atoms with Crippen LogP contribution in [0.2, 0.25) is 0 Å². The summed E-state index contributed by atoms with van der Waals surface area (Å²) in [6.07, 6.45) is 0.514.